The summed E-state index contributed by atoms with van der Waals surface area (Å²) in [7, 11) is 1.24. The van der Waals surface area contributed by atoms with E-state index >= 15 is 0 Å². The average Bonchev–Trinajstić information content (AvgIpc) is 2.38. The third-order valence-electron chi connectivity index (χ3n) is 2.88. The molecule has 0 bridgehead atoms. The molecule has 1 aromatic rings. The predicted molar refractivity (Wildman–Crippen MR) is 64.7 cm³/mol. The molecule has 0 N–H and O–H groups in total. The molecule has 0 aromatic heterocycles. The number of carbonyl (C=O) groups is 2. The molecule has 0 fully saturated rings. The Morgan fingerprint density at radius 3 is 2.56 bits per heavy atom. The summed E-state index contributed by atoms with van der Waals surface area (Å²) in [6, 6.07) is 7.76. The highest BCUT2D eigenvalue weighted by Gasteiger charge is 2.29. The lowest BCUT2D eigenvalue weighted by Crippen LogP contribution is -2.22. The monoisotopic (exact) mass is 246 g/mol. The molecule has 2 rings (SSSR count). The summed E-state index contributed by atoms with van der Waals surface area (Å²) in [5, 5.41) is 0. The molecular formula is C14H14O4. The maximum Gasteiger partial charge on any atom is 0.344 e. The highest BCUT2D eigenvalue weighted by Crippen LogP contribution is 2.28. The van der Waals surface area contributed by atoms with Gasteiger partial charge in [0.15, 0.2) is 5.78 Å². The standard InChI is InChI=1S/C14H14O4/c1-9-3-5-10(6-4-9)13-7-12(15)11(8-18-13)14(16)17-2/h3-6,8,13H,7H2,1-2H3/t13-/m1/s1. The maximum absolute atomic E-state index is 11.8. The van der Waals surface area contributed by atoms with E-state index in [4.69, 9.17) is 4.74 Å². The molecule has 4 heteroatoms. The molecule has 18 heavy (non-hydrogen) atoms. The molecule has 1 aromatic carbocycles. The first-order valence-electron chi connectivity index (χ1n) is 5.65. The van der Waals surface area contributed by atoms with Gasteiger partial charge in [-0.25, -0.2) is 4.79 Å². The van der Waals surface area contributed by atoms with Gasteiger partial charge in [0.2, 0.25) is 0 Å². The van der Waals surface area contributed by atoms with Crippen LogP contribution in [0.2, 0.25) is 0 Å². The maximum atomic E-state index is 11.8. The van der Waals surface area contributed by atoms with Crippen LogP contribution >= 0.6 is 0 Å². The molecule has 94 valence electrons. The van der Waals surface area contributed by atoms with Crippen LogP contribution in [0.25, 0.3) is 0 Å². The van der Waals surface area contributed by atoms with Crippen molar-refractivity contribution in [1.29, 1.82) is 0 Å². The zero-order valence-corrected chi connectivity index (χ0v) is 10.3. The molecule has 1 aliphatic rings. The molecule has 0 spiro atoms. The van der Waals surface area contributed by atoms with Gasteiger partial charge in [-0.2, -0.15) is 0 Å². The van der Waals surface area contributed by atoms with E-state index in [1.54, 1.807) is 0 Å². The van der Waals surface area contributed by atoms with E-state index < -0.39 is 5.97 Å². The Morgan fingerprint density at radius 1 is 1.33 bits per heavy atom. The first-order valence-corrected chi connectivity index (χ1v) is 5.65. The third kappa shape index (κ3) is 2.42. The Kier molecular flexibility index (Phi) is 3.46. The zero-order chi connectivity index (χ0) is 13.1. The van der Waals surface area contributed by atoms with Crippen LogP contribution in [-0.4, -0.2) is 18.9 Å². The van der Waals surface area contributed by atoms with E-state index in [9.17, 15) is 9.59 Å². The number of hydrogen-bond acceptors (Lipinski definition) is 4. The minimum absolute atomic E-state index is 0.0270. The molecule has 0 unspecified atom stereocenters. The summed E-state index contributed by atoms with van der Waals surface area (Å²) in [5.74, 6) is -0.902. The fourth-order valence-corrected chi connectivity index (χ4v) is 1.79. The lowest BCUT2D eigenvalue weighted by molar-refractivity contribution is -0.139. The number of methoxy groups -OCH3 is 1. The second kappa shape index (κ2) is 5.04. The molecule has 1 heterocycles. The summed E-state index contributed by atoms with van der Waals surface area (Å²) in [5.41, 5.74) is 2.04. The van der Waals surface area contributed by atoms with Crippen LogP contribution in [0.4, 0.5) is 0 Å². The summed E-state index contributed by atoms with van der Waals surface area (Å²) in [6.45, 7) is 1.99. The highest BCUT2D eigenvalue weighted by molar-refractivity contribution is 6.17. The fourth-order valence-electron chi connectivity index (χ4n) is 1.79. The van der Waals surface area contributed by atoms with E-state index in [0.717, 1.165) is 11.1 Å². The van der Waals surface area contributed by atoms with Gasteiger partial charge in [0.05, 0.1) is 13.5 Å². The van der Waals surface area contributed by atoms with Gasteiger partial charge in [-0.15, -0.1) is 0 Å². The van der Waals surface area contributed by atoms with Gasteiger partial charge < -0.3 is 9.47 Å². The second-order valence-corrected chi connectivity index (χ2v) is 4.19. The topological polar surface area (TPSA) is 52.6 Å². The van der Waals surface area contributed by atoms with E-state index in [1.165, 1.54) is 13.4 Å². The summed E-state index contributed by atoms with van der Waals surface area (Å²) >= 11 is 0. The van der Waals surface area contributed by atoms with Crippen molar-refractivity contribution in [2.24, 2.45) is 0 Å². The quantitative estimate of drug-likeness (QED) is 0.592. The van der Waals surface area contributed by atoms with Crippen LogP contribution in [0.1, 0.15) is 23.7 Å². The van der Waals surface area contributed by atoms with Crippen LogP contribution < -0.4 is 0 Å². The summed E-state index contributed by atoms with van der Waals surface area (Å²) < 4.78 is 9.93. The van der Waals surface area contributed by atoms with Crippen molar-refractivity contribution < 1.29 is 19.1 Å². The Balaban J connectivity index is 2.17. The van der Waals surface area contributed by atoms with Crippen molar-refractivity contribution in [3.8, 4) is 0 Å². The number of esters is 1. The molecule has 1 aliphatic heterocycles. The SMILES string of the molecule is COC(=O)C1=CO[C@@H](c2ccc(C)cc2)CC1=O. The van der Waals surface area contributed by atoms with Crippen molar-refractivity contribution in [3.63, 3.8) is 0 Å². The van der Waals surface area contributed by atoms with E-state index in [0.29, 0.717) is 0 Å². The minimum Gasteiger partial charge on any atom is -0.492 e. The van der Waals surface area contributed by atoms with Crippen LogP contribution in [0, 0.1) is 6.92 Å². The van der Waals surface area contributed by atoms with Gasteiger partial charge in [0.1, 0.15) is 17.9 Å². The fraction of sp³-hybridized carbons (Fsp3) is 0.286. The normalized spacial score (nSPS) is 18.9. The Labute approximate surface area is 105 Å². The summed E-state index contributed by atoms with van der Waals surface area (Å²) in [4.78, 5) is 23.1. The molecule has 4 nitrogen and oxygen atoms in total. The molecule has 0 aliphatic carbocycles. The first kappa shape index (κ1) is 12.4. The largest absolute Gasteiger partial charge is 0.492 e. The first-order chi connectivity index (χ1) is 8.61. The predicted octanol–water partition coefficient (Wildman–Crippen LogP) is 2.08. The van der Waals surface area contributed by atoms with Crippen LogP contribution in [-0.2, 0) is 19.1 Å². The molecule has 0 saturated carbocycles. The van der Waals surface area contributed by atoms with E-state index in [-0.39, 0.29) is 23.9 Å². The number of Topliss-reactive ketones (excluding diaryl/α,β-unsaturated/α-hetero) is 1. The minimum atomic E-state index is -0.651. The average molecular weight is 246 g/mol. The Morgan fingerprint density at radius 2 is 2.00 bits per heavy atom. The Hall–Kier alpha value is -2.10. The van der Waals surface area contributed by atoms with Gasteiger partial charge in [-0.3, -0.25) is 4.79 Å². The van der Waals surface area contributed by atoms with Gasteiger partial charge >= 0.3 is 5.97 Å². The third-order valence-corrected chi connectivity index (χ3v) is 2.88. The zero-order valence-electron chi connectivity index (χ0n) is 10.3. The number of rotatable bonds is 2. The van der Waals surface area contributed by atoms with Gasteiger partial charge in [-0.05, 0) is 12.5 Å². The summed E-state index contributed by atoms with van der Waals surface area (Å²) in [6.07, 6.45) is 1.03. The lowest BCUT2D eigenvalue weighted by atomic mass is 9.98. The van der Waals surface area contributed by atoms with Gasteiger partial charge in [0, 0.05) is 0 Å². The van der Waals surface area contributed by atoms with Crippen LogP contribution in [0.3, 0.4) is 0 Å². The van der Waals surface area contributed by atoms with E-state index in [1.807, 2.05) is 31.2 Å². The van der Waals surface area contributed by atoms with Crippen molar-refractivity contribution >= 4 is 11.8 Å². The van der Waals surface area contributed by atoms with Gasteiger partial charge in [-0.1, -0.05) is 29.8 Å². The second-order valence-electron chi connectivity index (χ2n) is 4.19. The van der Waals surface area contributed by atoms with Crippen LogP contribution in [0.15, 0.2) is 36.1 Å². The Bertz CT molecular complexity index is 499. The van der Waals surface area contributed by atoms with Crippen molar-refractivity contribution in [2.75, 3.05) is 7.11 Å². The van der Waals surface area contributed by atoms with Crippen molar-refractivity contribution in [3.05, 3.63) is 47.2 Å². The smallest absolute Gasteiger partial charge is 0.344 e. The number of hydrogen-bond donors (Lipinski definition) is 0. The van der Waals surface area contributed by atoms with Crippen molar-refractivity contribution in [1.82, 2.24) is 0 Å². The molecule has 0 amide bonds. The molecule has 1 atom stereocenters. The van der Waals surface area contributed by atoms with Crippen LogP contribution in [0.5, 0.6) is 0 Å². The number of ether oxygens (including phenoxy) is 2. The highest BCUT2D eigenvalue weighted by atomic mass is 16.5. The number of carbonyl (C=O) groups excluding carboxylic acids is 2. The lowest BCUT2D eigenvalue weighted by Gasteiger charge is -2.21. The van der Waals surface area contributed by atoms with Gasteiger partial charge in [0.25, 0.3) is 0 Å². The van der Waals surface area contributed by atoms with Crippen molar-refractivity contribution in [2.45, 2.75) is 19.4 Å². The number of benzene rings is 1. The number of ketones is 1. The molecule has 0 radical (unpaired) electrons. The van der Waals surface area contributed by atoms with E-state index in [2.05, 4.69) is 4.74 Å². The number of aryl methyl sites for hydroxylation is 1. The molecular weight excluding hydrogens is 232 g/mol. The molecule has 0 saturated heterocycles.